The van der Waals surface area contributed by atoms with Crippen molar-refractivity contribution in [1.29, 1.82) is 0 Å². The highest BCUT2D eigenvalue weighted by Gasteiger charge is 2.06. The molecule has 1 N–H and O–H groups in total. The molecule has 4 rings (SSSR count). The normalized spacial score (nSPS) is 11.2. The molecule has 1 heteroatoms. The number of benzene rings is 3. The highest BCUT2D eigenvalue weighted by atomic mass is 14.7. The van der Waals surface area contributed by atoms with Crippen LogP contribution in [0.4, 0.5) is 0 Å². The summed E-state index contributed by atoms with van der Waals surface area (Å²) in [5, 5.41) is 3.88. The fourth-order valence-electron chi connectivity index (χ4n) is 2.77. The van der Waals surface area contributed by atoms with Crippen LogP contribution in [0.3, 0.4) is 0 Å². The zero-order chi connectivity index (χ0) is 13.5. The first-order valence-electron chi connectivity index (χ1n) is 6.89. The number of aromatic amines is 1. The van der Waals surface area contributed by atoms with Gasteiger partial charge in [-0.15, -0.1) is 0 Å². The lowest BCUT2D eigenvalue weighted by Gasteiger charge is -1.97. The molecule has 0 aliphatic rings. The molecule has 0 spiro atoms. The van der Waals surface area contributed by atoms with Crippen molar-refractivity contribution in [3.8, 4) is 11.3 Å². The molecule has 0 aliphatic heterocycles. The van der Waals surface area contributed by atoms with Crippen LogP contribution in [-0.4, -0.2) is 4.98 Å². The molecule has 0 unspecified atom stereocenters. The Morgan fingerprint density at radius 3 is 2.40 bits per heavy atom. The summed E-state index contributed by atoms with van der Waals surface area (Å²) in [6.45, 7) is 2.11. The van der Waals surface area contributed by atoms with E-state index in [4.69, 9.17) is 0 Å². The van der Waals surface area contributed by atoms with Crippen molar-refractivity contribution in [1.82, 2.24) is 4.98 Å². The summed E-state index contributed by atoms with van der Waals surface area (Å²) in [6, 6.07) is 23.8. The molecular weight excluding hydrogens is 242 g/mol. The minimum Gasteiger partial charge on any atom is -0.355 e. The van der Waals surface area contributed by atoms with Gasteiger partial charge in [-0.3, -0.25) is 0 Å². The Morgan fingerprint density at radius 1 is 0.750 bits per heavy atom. The molecule has 0 aliphatic carbocycles. The first kappa shape index (κ1) is 11.3. The van der Waals surface area contributed by atoms with Crippen molar-refractivity contribution >= 4 is 21.7 Å². The van der Waals surface area contributed by atoms with Crippen LogP contribution in [0, 0.1) is 6.92 Å². The van der Waals surface area contributed by atoms with E-state index in [1.807, 2.05) is 0 Å². The highest BCUT2D eigenvalue weighted by Crippen LogP contribution is 2.29. The topological polar surface area (TPSA) is 15.8 Å². The molecule has 20 heavy (non-hydrogen) atoms. The van der Waals surface area contributed by atoms with Crippen molar-refractivity contribution in [2.45, 2.75) is 6.92 Å². The summed E-state index contributed by atoms with van der Waals surface area (Å²) in [7, 11) is 0. The molecule has 4 aromatic rings. The van der Waals surface area contributed by atoms with E-state index < -0.39 is 0 Å². The van der Waals surface area contributed by atoms with Gasteiger partial charge in [0.05, 0.1) is 0 Å². The first-order valence-corrected chi connectivity index (χ1v) is 6.89. The van der Waals surface area contributed by atoms with Crippen molar-refractivity contribution in [3.63, 3.8) is 0 Å². The minimum absolute atomic E-state index is 1.18. The maximum absolute atomic E-state index is 3.52. The van der Waals surface area contributed by atoms with Crippen LogP contribution in [0.1, 0.15) is 5.56 Å². The van der Waals surface area contributed by atoms with E-state index in [2.05, 4.69) is 78.6 Å². The molecule has 0 radical (unpaired) electrons. The second-order valence-electron chi connectivity index (χ2n) is 5.30. The van der Waals surface area contributed by atoms with Gasteiger partial charge in [0.25, 0.3) is 0 Å². The Bertz CT molecular complexity index is 898. The fraction of sp³-hybridized carbons (Fsp3) is 0.0526. The number of aromatic nitrogens is 1. The van der Waals surface area contributed by atoms with E-state index >= 15 is 0 Å². The third-order valence-corrected chi connectivity index (χ3v) is 3.89. The standard InChI is InChI=1S/C19H15N/c1-13-6-8-15(9-7-13)19-12-17-16-5-3-2-4-14(16)10-11-18(17)20-19/h2-12,20H,1H3. The van der Waals surface area contributed by atoms with Gasteiger partial charge in [-0.25, -0.2) is 0 Å². The average Bonchev–Trinajstić information content (AvgIpc) is 2.92. The van der Waals surface area contributed by atoms with Crippen molar-refractivity contribution in [2.75, 3.05) is 0 Å². The molecule has 3 aromatic carbocycles. The van der Waals surface area contributed by atoms with E-state index in [0.717, 1.165) is 0 Å². The van der Waals surface area contributed by atoms with E-state index in [9.17, 15) is 0 Å². The molecule has 0 fully saturated rings. The zero-order valence-corrected chi connectivity index (χ0v) is 11.4. The van der Waals surface area contributed by atoms with Crippen LogP contribution in [0.2, 0.25) is 0 Å². The van der Waals surface area contributed by atoms with E-state index in [1.54, 1.807) is 0 Å². The largest absolute Gasteiger partial charge is 0.355 e. The van der Waals surface area contributed by atoms with Gasteiger partial charge in [-0.05, 0) is 35.4 Å². The second-order valence-corrected chi connectivity index (χ2v) is 5.30. The summed E-state index contributed by atoms with van der Waals surface area (Å²) in [4.78, 5) is 3.52. The predicted octanol–water partition coefficient (Wildman–Crippen LogP) is 5.30. The number of fused-ring (bicyclic) bond motifs is 3. The molecule has 96 valence electrons. The lowest BCUT2D eigenvalue weighted by Crippen LogP contribution is -1.77. The van der Waals surface area contributed by atoms with Crippen LogP contribution in [0.5, 0.6) is 0 Å². The minimum atomic E-state index is 1.18. The van der Waals surface area contributed by atoms with Gasteiger partial charge in [0, 0.05) is 16.6 Å². The van der Waals surface area contributed by atoms with Crippen LogP contribution >= 0.6 is 0 Å². The van der Waals surface area contributed by atoms with Crippen molar-refractivity contribution in [3.05, 3.63) is 72.3 Å². The Hall–Kier alpha value is -2.54. The molecule has 0 amide bonds. The summed E-state index contributed by atoms with van der Waals surface area (Å²) >= 11 is 0. The zero-order valence-electron chi connectivity index (χ0n) is 11.4. The van der Waals surface area contributed by atoms with Crippen LogP contribution in [0.25, 0.3) is 32.9 Å². The summed E-state index contributed by atoms with van der Waals surface area (Å²) in [5.41, 5.74) is 4.89. The van der Waals surface area contributed by atoms with Crippen LogP contribution < -0.4 is 0 Å². The summed E-state index contributed by atoms with van der Waals surface area (Å²) < 4.78 is 0. The van der Waals surface area contributed by atoms with Gasteiger partial charge in [0.1, 0.15) is 0 Å². The lowest BCUT2D eigenvalue weighted by molar-refractivity contribution is 1.42. The van der Waals surface area contributed by atoms with Gasteiger partial charge >= 0.3 is 0 Å². The third-order valence-electron chi connectivity index (χ3n) is 3.89. The highest BCUT2D eigenvalue weighted by molar-refractivity contribution is 6.08. The van der Waals surface area contributed by atoms with E-state index in [-0.39, 0.29) is 0 Å². The quantitative estimate of drug-likeness (QED) is 0.476. The molecule has 1 aromatic heterocycles. The second kappa shape index (κ2) is 4.24. The van der Waals surface area contributed by atoms with Crippen molar-refractivity contribution < 1.29 is 0 Å². The first-order chi connectivity index (χ1) is 9.81. The van der Waals surface area contributed by atoms with Crippen LogP contribution in [-0.2, 0) is 0 Å². The van der Waals surface area contributed by atoms with E-state index in [1.165, 1.54) is 38.5 Å². The van der Waals surface area contributed by atoms with Gasteiger partial charge < -0.3 is 4.98 Å². The number of hydrogen-bond acceptors (Lipinski definition) is 0. The number of hydrogen-bond donors (Lipinski definition) is 1. The van der Waals surface area contributed by atoms with E-state index in [0.29, 0.717) is 0 Å². The maximum Gasteiger partial charge on any atom is 0.0465 e. The molecule has 0 saturated carbocycles. The smallest absolute Gasteiger partial charge is 0.0465 e. The number of H-pyrrole nitrogens is 1. The Morgan fingerprint density at radius 2 is 1.55 bits per heavy atom. The Balaban J connectivity index is 1.98. The predicted molar refractivity (Wildman–Crippen MR) is 86.0 cm³/mol. The Kier molecular flexibility index (Phi) is 2.40. The molecular formula is C19H15N. The lowest BCUT2D eigenvalue weighted by atomic mass is 10.1. The van der Waals surface area contributed by atoms with Crippen LogP contribution in [0.15, 0.2) is 66.7 Å². The third kappa shape index (κ3) is 1.71. The fourth-order valence-corrected chi connectivity index (χ4v) is 2.77. The molecule has 0 bridgehead atoms. The maximum atomic E-state index is 3.52. The molecule has 0 atom stereocenters. The van der Waals surface area contributed by atoms with Gasteiger partial charge in [0.2, 0.25) is 0 Å². The molecule has 0 saturated heterocycles. The SMILES string of the molecule is Cc1ccc(-c2cc3c(ccc4ccccc43)[nH]2)cc1. The van der Waals surface area contributed by atoms with Gasteiger partial charge in [0.15, 0.2) is 0 Å². The number of aryl methyl sites for hydroxylation is 1. The van der Waals surface area contributed by atoms with Gasteiger partial charge in [-0.1, -0.05) is 60.2 Å². The number of rotatable bonds is 1. The van der Waals surface area contributed by atoms with Crippen molar-refractivity contribution in [2.24, 2.45) is 0 Å². The Labute approximate surface area is 117 Å². The summed E-state index contributed by atoms with van der Waals surface area (Å²) in [5.74, 6) is 0. The van der Waals surface area contributed by atoms with Gasteiger partial charge in [-0.2, -0.15) is 0 Å². The average molecular weight is 257 g/mol. The molecule has 1 nitrogen and oxygen atoms in total. The summed E-state index contributed by atoms with van der Waals surface area (Å²) in [6.07, 6.45) is 0. The molecule has 1 heterocycles. The number of nitrogens with one attached hydrogen (secondary N) is 1. The monoisotopic (exact) mass is 257 g/mol.